The van der Waals surface area contributed by atoms with Gasteiger partial charge < -0.3 is 10.1 Å². The molecule has 34 heavy (non-hydrogen) atoms. The largest absolute Gasteiger partial charge is 0.484 e. The minimum atomic E-state index is -3.54. The molecule has 0 spiro atoms. The van der Waals surface area contributed by atoms with Crippen LogP contribution in [0.4, 0.5) is 0 Å². The van der Waals surface area contributed by atoms with E-state index in [-0.39, 0.29) is 22.3 Å². The van der Waals surface area contributed by atoms with Crippen LogP contribution in [0.1, 0.15) is 31.7 Å². The number of rotatable bonds is 12. The first-order valence-corrected chi connectivity index (χ1v) is 14.2. The van der Waals surface area contributed by atoms with E-state index in [1.165, 1.54) is 28.6 Å². The van der Waals surface area contributed by atoms with Crippen LogP contribution in [0.25, 0.3) is 0 Å². The maximum Gasteiger partial charge on any atom is 0.257 e. The van der Waals surface area contributed by atoms with Crippen LogP contribution in [0, 0.1) is 0 Å². The number of amides is 1. The molecule has 0 bridgehead atoms. The van der Waals surface area contributed by atoms with Crippen LogP contribution in [-0.4, -0.2) is 59.8 Å². The van der Waals surface area contributed by atoms with Crippen LogP contribution < -0.4 is 14.8 Å². The molecule has 1 saturated heterocycles. The summed E-state index contributed by atoms with van der Waals surface area (Å²) in [7, 11) is -6.97. The number of hydrogen-bond donors (Lipinski definition) is 2. The highest BCUT2D eigenvalue weighted by atomic mass is 32.2. The molecule has 1 heterocycles. The molecule has 2 N–H and O–H groups in total. The second-order valence-corrected chi connectivity index (χ2v) is 11.7. The Kier molecular flexibility index (Phi) is 9.06. The monoisotopic (exact) mass is 509 g/mol. The summed E-state index contributed by atoms with van der Waals surface area (Å²) >= 11 is 0. The maximum absolute atomic E-state index is 12.6. The number of nitrogens with zero attached hydrogens (tertiary/aromatic N) is 1. The van der Waals surface area contributed by atoms with Gasteiger partial charge in [-0.3, -0.25) is 4.79 Å². The molecule has 0 radical (unpaired) electrons. The lowest BCUT2D eigenvalue weighted by molar-refractivity contribution is -0.123. The molecular formula is C23H31N3O6S2. The second kappa shape index (κ2) is 11.8. The molecule has 186 valence electrons. The van der Waals surface area contributed by atoms with Gasteiger partial charge in [0.2, 0.25) is 20.0 Å². The molecule has 1 aliphatic heterocycles. The molecule has 3 rings (SSSR count). The van der Waals surface area contributed by atoms with Crippen molar-refractivity contribution in [3.05, 3.63) is 54.1 Å². The Balaban J connectivity index is 1.41. The van der Waals surface area contributed by atoms with E-state index in [9.17, 15) is 21.6 Å². The van der Waals surface area contributed by atoms with E-state index in [1.54, 1.807) is 24.3 Å². The van der Waals surface area contributed by atoms with Crippen molar-refractivity contribution in [2.45, 2.75) is 42.4 Å². The summed E-state index contributed by atoms with van der Waals surface area (Å²) in [6.07, 6.45) is 3.03. The summed E-state index contributed by atoms with van der Waals surface area (Å²) in [5, 5.41) is 2.75. The fraction of sp³-hybridized carbons (Fsp3) is 0.435. The van der Waals surface area contributed by atoms with Crippen molar-refractivity contribution < 1.29 is 26.4 Å². The molecule has 0 aliphatic carbocycles. The molecule has 1 aliphatic rings. The number of sulfonamides is 2. The Labute approximate surface area is 201 Å². The maximum atomic E-state index is 12.6. The lowest BCUT2D eigenvalue weighted by Crippen LogP contribution is -2.30. The first-order chi connectivity index (χ1) is 16.2. The van der Waals surface area contributed by atoms with Gasteiger partial charge in [0.25, 0.3) is 5.91 Å². The number of hydrogen-bond acceptors (Lipinski definition) is 6. The van der Waals surface area contributed by atoms with Gasteiger partial charge in [-0.2, -0.15) is 4.31 Å². The summed E-state index contributed by atoms with van der Waals surface area (Å²) in [5.74, 6) is 0.0777. The van der Waals surface area contributed by atoms with Crippen molar-refractivity contribution in [2.75, 3.05) is 32.8 Å². The number of nitrogens with one attached hydrogen (secondary N) is 2. The highest BCUT2D eigenvalue weighted by Crippen LogP contribution is 2.21. The van der Waals surface area contributed by atoms with E-state index in [4.69, 9.17) is 4.74 Å². The minimum Gasteiger partial charge on any atom is -0.484 e. The van der Waals surface area contributed by atoms with E-state index in [2.05, 4.69) is 10.0 Å². The molecule has 0 saturated carbocycles. The van der Waals surface area contributed by atoms with E-state index in [1.807, 2.05) is 6.92 Å². The fourth-order valence-corrected chi connectivity index (χ4v) is 6.14. The highest BCUT2D eigenvalue weighted by Gasteiger charge is 2.26. The highest BCUT2D eigenvalue weighted by molar-refractivity contribution is 7.89. The van der Waals surface area contributed by atoms with E-state index < -0.39 is 20.0 Å². The van der Waals surface area contributed by atoms with Crippen molar-refractivity contribution in [3.63, 3.8) is 0 Å². The quantitative estimate of drug-likeness (QED) is 0.451. The molecule has 11 heteroatoms. The Morgan fingerprint density at radius 2 is 1.53 bits per heavy atom. The predicted octanol–water partition coefficient (Wildman–Crippen LogP) is 1.90. The zero-order chi connectivity index (χ0) is 24.6. The molecule has 2 aromatic rings. The van der Waals surface area contributed by atoms with Gasteiger partial charge in [0, 0.05) is 26.2 Å². The summed E-state index contributed by atoms with van der Waals surface area (Å²) in [5.41, 5.74) is 0.912. The molecular weight excluding hydrogens is 478 g/mol. The van der Waals surface area contributed by atoms with Gasteiger partial charge in [0.15, 0.2) is 6.61 Å². The van der Waals surface area contributed by atoms with Gasteiger partial charge in [-0.15, -0.1) is 0 Å². The standard InChI is InChI=1S/C23H31N3O6S2/c1-2-14-25-33(28,29)21-11-7-20(8-12-21)32-18-23(27)24-15-13-19-5-9-22(10-6-19)34(30,31)26-16-3-4-17-26/h5-12,25H,2-4,13-18H2,1H3,(H,24,27). The van der Waals surface area contributed by atoms with Gasteiger partial charge in [0.05, 0.1) is 9.79 Å². The number of carbonyl (C=O) groups is 1. The Morgan fingerprint density at radius 1 is 0.912 bits per heavy atom. The Morgan fingerprint density at radius 3 is 2.15 bits per heavy atom. The minimum absolute atomic E-state index is 0.136. The third-order valence-electron chi connectivity index (χ3n) is 5.41. The molecule has 1 amide bonds. The van der Waals surface area contributed by atoms with Crippen molar-refractivity contribution in [1.29, 1.82) is 0 Å². The second-order valence-electron chi connectivity index (χ2n) is 8.01. The lowest BCUT2D eigenvalue weighted by atomic mass is 10.1. The molecule has 0 atom stereocenters. The van der Waals surface area contributed by atoms with Crippen molar-refractivity contribution in [2.24, 2.45) is 0 Å². The van der Waals surface area contributed by atoms with E-state index in [0.717, 1.165) is 18.4 Å². The van der Waals surface area contributed by atoms with Gasteiger partial charge in [-0.1, -0.05) is 19.1 Å². The van der Waals surface area contributed by atoms with Gasteiger partial charge in [0.1, 0.15) is 5.75 Å². The van der Waals surface area contributed by atoms with E-state index in [0.29, 0.717) is 44.8 Å². The molecule has 0 aromatic heterocycles. The van der Waals surface area contributed by atoms with Crippen LogP contribution in [-0.2, 0) is 31.3 Å². The van der Waals surface area contributed by atoms with Gasteiger partial charge in [-0.05, 0) is 67.6 Å². The molecule has 9 nitrogen and oxygen atoms in total. The van der Waals surface area contributed by atoms with Crippen LogP contribution in [0.15, 0.2) is 58.3 Å². The van der Waals surface area contributed by atoms with Crippen molar-refractivity contribution in [1.82, 2.24) is 14.3 Å². The average molecular weight is 510 g/mol. The third kappa shape index (κ3) is 7.02. The van der Waals surface area contributed by atoms with Crippen LogP contribution in [0.2, 0.25) is 0 Å². The summed E-state index contributed by atoms with van der Waals surface area (Å²) < 4.78 is 58.7. The summed E-state index contributed by atoms with van der Waals surface area (Å²) in [6.45, 7) is 3.55. The molecule has 2 aromatic carbocycles. The SMILES string of the molecule is CCCNS(=O)(=O)c1ccc(OCC(=O)NCCc2ccc(S(=O)(=O)N3CCCC3)cc2)cc1. The van der Waals surface area contributed by atoms with Crippen molar-refractivity contribution in [3.8, 4) is 5.75 Å². The predicted molar refractivity (Wildman–Crippen MR) is 129 cm³/mol. The third-order valence-corrected chi connectivity index (χ3v) is 8.80. The number of ether oxygens (including phenoxy) is 1. The summed E-state index contributed by atoms with van der Waals surface area (Å²) in [4.78, 5) is 12.5. The molecule has 0 unspecified atom stereocenters. The Bertz CT molecular complexity index is 1160. The zero-order valence-corrected chi connectivity index (χ0v) is 20.8. The Hall–Kier alpha value is -2.47. The lowest BCUT2D eigenvalue weighted by Gasteiger charge is -2.15. The first-order valence-electron chi connectivity index (χ1n) is 11.3. The van der Waals surface area contributed by atoms with Crippen molar-refractivity contribution >= 4 is 26.0 Å². The average Bonchev–Trinajstić information content (AvgIpc) is 3.38. The smallest absolute Gasteiger partial charge is 0.257 e. The van der Waals surface area contributed by atoms with Gasteiger partial charge >= 0.3 is 0 Å². The summed E-state index contributed by atoms with van der Waals surface area (Å²) in [6, 6.07) is 12.6. The number of benzene rings is 2. The first kappa shape index (κ1) is 26.1. The van der Waals surface area contributed by atoms with Crippen LogP contribution in [0.5, 0.6) is 5.75 Å². The zero-order valence-electron chi connectivity index (χ0n) is 19.2. The van der Waals surface area contributed by atoms with Crippen LogP contribution in [0.3, 0.4) is 0 Å². The van der Waals surface area contributed by atoms with Crippen LogP contribution >= 0.6 is 0 Å². The molecule has 1 fully saturated rings. The number of carbonyl (C=O) groups excluding carboxylic acids is 1. The fourth-order valence-electron chi connectivity index (χ4n) is 3.49. The topological polar surface area (TPSA) is 122 Å². The normalized spacial score (nSPS) is 14.7. The van der Waals surface area contributed by atoms with E-state index >= 15 is 0 Å². The van der Waals surface area contributed by atoms with Gasteiger partial charge in [-0.25, -0.2) is 21.6 Å².